The molecular formula is C27H29NO6. The number of benzene rings is 3. The van der Waals surface area contributed by atoms with Gasteiger partial charge < -0.3 is 28.6 Å². The van der Waals surface area contributed by atoms with Crippen molar-refractivity contribution in [3.05, 3.63) is 77.9 Å². The molecule has 1 aliphatic rings. The van der Waals surface area contributed by atoms with E-state index in [1.54, 1.807) is 37.3 Å². The van der Waals surface area contributed by atoms with Gasteiger partial charge in [-0.3, -0.25) is 0 Å². The Morgan fingerprint density at radius 2 is 1.71 bits per heavy atom. The lowest BCUT2D eigenvalue weighted by Crippen LogP contribution is -2.38. The summed E-state index contributed by atoms with van der Waals surface area (Å²) in [5.74, 6) is 3.09. The van der Waals surface area contributed by atoms with E-state index in [2.05, 4.69) is 19.1 Å². The first-order valence-corrected chi connectivity index (χ1v) is 11.2. The molecule has 0 aromatic heterocycles. The topological polar surface area (TPSA) is 66.5 Å². The van der Waals surface area contributed by atoms with Crippen LogP contribution in [0, 0.1) is 0 Å². The number of fused-ring (bicyclic) bond motifs is 1. The fourth-order valence-electron chi connectivity index (χ4n) is 3.88. The second-order valence-electron chi connectivity index (χ2n) is 8.08. The summed E-state index contributed by atoms with van der Waals surface area (Å²) in [6.45, 7) is 3.27. The van der Waals surface area contributed by atoms with Crippen molar-refractivity contribution in [1.82, 2.24) is 4.90 Å². The molecule has 1 amide bonds. The molecule has 0 N–H and O–H groups in total. The zero-order chi connectivity index (χ0) is 23.9. The van der Waals surface area contributed by atoms with Gasteiger partial charge in [-0.2, -0.15) is 0 Å². The van der Waals surface area contributed by atoms with Crippen molar-refractivity contribution in [1.29, 1.82) is 0 Å². The minimum absolute atomic E-state index is 0.135. The molecule has 0 saturated carbocycles. The summed E-state index contributed by atoms with van der Waals surface area (Å²) >= 11 is 0. The standard InChI is InChI=1S/C27H29NO6/c1-19(21-7-5-4-6-8-21)17-28(14-13-20-9-11-23(30-2)25(15-20)31-3)27(29)34-22-10-12-24-26(16-22)33-18-32-24/h4-12,15-16,19H,13-14,17-18H2,1-3H3/t19-/m0/s1. The van der Waals surface area contributed by atoms with Crippen LogP contribution in [0.15, 0.2) is 66.7 Å². The van der Waals surface area contributed by atoms with Gasteiger partial charge in [-0.25, -0.2) is 4.79 Å². The number of hydrogen-bond acceptors (Lipinski definition) is 6. The minimum atomic E-state index is -0.415. The molecule has 0 saturated heterocycles. The van der Waals surface area contributed by atoms with E-state index in [1.165, 1.54) is 0 Å². The Bertz CT molecular complexity index is 1120. The maximum atomic E-state index is 13.2. The van der Waals surface area contributed by atoms with Crippen LogP contribution in [0.5, 0.6) is 28.7 Å². The van der Waals surface area contributed by atoms with Gasteiger partial charge in [0.15, 0.2) is 23.0 Å². The van der Waals surface area contributed by atoms with Crippen LogP contribution < -0.4 is 23.7 Å². The Morgan fingerprint density at radius 3 is 2.47 bits per heavy atom. The van der Waals surface area contributed by atoms with Crippen LogP contribution in [0.2, 0.25) is 0 Å². The minimum Gasteiger partial charge on any atom is -0.493 e. The average Bonchev–Trinajstić information content (AvgIpc) is 3.34. The molecule has 3 aromatic carbocycles. The number of amides is 1. The molecule has 0 unspecified atom stereocenters. The first-order chi connectivity index (χ1) is 16.6. The Morgan fingerprint density at radius 1 is 0.941 bits per heavy atom. The van der Waals surface area contributed by atoms with Crippen molar-refractivity contribution in [3.63, 3.8) is 0 Å². The molecule has 0 radical (unpaired) electrons. The van der Waals surface area contributed by atoms with Crippen LogP contribution in [0.3, 0.4) is 0 Å². The highest BCUT2D eigenvalue weighted by atomic mass is 16.7. The van der Waals surface area contributed by atoms with Gasteiger partial charge in [-0.1, -0.05) is 43.3 Å². The molecule has 3 aromatic rings. The maximum absolute atomic E-state index is 13.2. The number of hydrogen-bond donors (Lipinski definition) is 0. The van der Waals surface area contributed by atoms with E-state index in [4.69, 9.17) is 23.7 Å². The quantitative estimate of drug-likeness (QED) is 0.430. The maximum Gasteiger partial charge on any atom is 0.415 e. The van der Waals surface area contributed by atoms with E-state index < -0.39 is 6.09 Å². The van der Waals surface area contributed by atoms with Gasteiger partial charge in [0.2, 0.25) is 6.79 Å². The smallest absolute Gasteiger partial charge is 0.415 e. The Kier molecular flexibility index (Phi) is 7.42. The molecule has 1 aliphatic heterocycles. The van der Waals surface area contributed by atoms with Crippen LogP contribution in [0.4, 0.5) is 4.79 Å². The number of ether oxygens (including phenoxy) is 5. The van der Waals surface area contributed by atoms with Crippen molar-refractivity contribution in [2.45, 2.75) is 19.3 Å². The van der Waals surface area contributed by atoms with Crippen LogP contribution in [0.25, 0.3) is 0 Å². The lowest BCUT2D eigenvalue weighted by molar-refractivity contribution is 0.150. The number of rotatable bonds is 9. The van der Waals surface area contributed by atoms with E-state index in [1.807, 2.05) is 36.4 Å². The van der Waals surface area contributed by atoms with Gasteiger partial charge in [0.25, 0.3) is 0 Å². The fraction of sp³-hybridized carbons (Fsp3) is 0.296. The third kappa shape index (κ3) is 5.54. The number of methoxy groups -OCH3 is 2. The molecule has 7 heteroatoms. The summed E-state index contributed by atoms with van der Waals surface area (Å²) in [5, 5.41) is 0. The van der Waals surface area contributed by atoms with Crippen LogP contribution >= 0.6 is 0 Å². The second-order valence-corrected chi connectivity index (χ2v) is 8.08. The lowest BCUT2D eigenvalue weighted by atomic mass is 10.0. The largest absolute Gasteiger partial charge is 0.493 e. The predicted octanol–water partition coefficient (Wildman–Crippen LogP) is 5.28. The molecule has 34 heavy (non-hydrogen) atoms. The highest BCUT2D eigenvalue weighted by molar-refractivity contribution is 5.71. The number of nitrogens with zero attached hydrogens (tertiary/aromatic N) is 1. The molecule has 0 fully saturated rings. The first-order valence-electron chi connectivity index (χ1n) is 11.2. The SMILES string of the molecule is COc1ccc(CCN(C[C@H](C)c2ccccc2)C(=O)Oc2ccc3c(c2)OCO3)cc1OC. The first kappa shape index (κ1) is 23.3. The molecule has 1 atom stereocenters. The van der Waals surface area contributed by atoms with Crippen molar-refractivity contribution in [2.24, 2.45) is 0 Å². The second kappa shape index (κ2) is 10.8. The average molecular weight is 464 g/mol. The summed E-state index contributed by atoms with van der Waals surface area (Å²) in [6.07, 6.45) is 0.222. The van der Waals surface area contributed by atoms with Crippen LogP contribution in [0.1, 0.15) is 24.0 Å². The Balaban J connectivity index is 1.49. The molecule has 1 heterocycles. The van der Waals surface area contributed by atoms with Crippen molar-refractivity contribution >= 4 is 6.09 Å². The fourth-order valence-corrected chi connectivity index (χ4v) is 3.88. The van der Waals surface area contributed by atoms with Crippen LogP contribution in [-0.2, 0) is 6.42 Å². The van der Waals surface area contributed by atoms with Gasteiger partial charge in [0, 0.05) is 19.2 Å². The van der Waals surface area contributed by atoms with Gasteiger partial charge in [0.05, 0.1) is 14.2 Å². The highest BCUT2D eigenvalue weighted by Gasteiger charge is 2.21. The molecule has 0 aliphatic carbocycles. The predicted molar refractivity (Wildman–Crippen MR) is 128 cm³/mol. The summed E-state index contributed by atoms with van der Waals surface area (Å²) in [4.78, 5) is 14.9. The lowest BCUT2D eigenvalue weighted by Gasteiger charge is -2.26. The third-order valence-electron chi connectivity index (χ3n) is 5.79. The summed E-state index contributed by atoms with van der Waals surface area (Å²) < 4.78 is 27.2. The van der Waals surface area contributed by atoms with E-state index in [0.717, 1.165) is 11.1 Å². The van der Waals surface area contributed by atoms with Crippen molar-refractivity contribution in [3.8, 4) is 28.7 Å². The molecular weight excluding hydrogens is 434 g/mol. The van der Waals surface area contributed by atoms with Gasteiger partial charge >= 0.3 is 6.09 Å². The van der Waals surface area contributed by atoms with E-state index in [-0.39, 0.29) is 12.7 Å². The van der Waals surface area contributed by atoms with Crippen LogP contribution in [-0.4, -0.2) is 45.1 Å². The zero-order valence-corrected chi connectivity index (χ0v) is 19.7. The van der Waals surface area contributed by atoms with Gasteiger partial charge in [0.1, 0.15) is 5.75 Å². The van der Waals surface area contributed by atoms with Gasteiger partial charge in [-0.05, 0) is 47.7 Å². The van der Waals surface area contributed by atoms with Crippen molar-refractivity contribution < 1.29 is 28.5 Å². The van der Waals surface area contributed by atoms with E-state index in [9.17, 15) is 4.79 Å². The molecule has 178 valence electrons. The normalized spacial score (nSPS) is 12.7. The molecule has 7 nitrogen and oxygen atoms in total. The Hall–Kier alpha value is -3.87. The molecule has 0 bridgehead atoms. The summed E-state index contributed by atoms with van der Waals surface area (Å²) in [7, 11) is 3.22. The summed E-state index contributed by atoms with van der Waals surface area (Å²) in [5.41, 5.74) is 2.19. The highest BCUT2D eigenvalue weighted by Crippen LogP contribution is 2.35. The van der Waals surface area contributed by atoms with E-state index >= 15 is 0 Å². The monoisotopic (exact) mass is 463 g/mol. The summed E-state index contributed by atoms with van der Waals surface area (Å²) in [6, 6.07) is 21.0. The Labute approximate surface area is 199 Å². The zero-order valence-electron chi connectivity index (χ0n) is 19.7. The van der Waals surface area contributed by atoms with E-state index in [0.29, 0.717) is 48.3 Å². The molecule has 4 rings (SSSR count). The van der Waals surface area contributed by atoms with Gasteiger partial charge in [-0.15, -0.1) is 0 Å². The number of carbonyl (C=O) groups is 1. The third-order valence-corrected chi connectivity index (χ3v) is 5.79. The molecule has 0 spiro atoms. The number of carbonyl (C=O) groups excluding carboxylic acids is 1. The van der Waals surface area contributed by atoms with Crippen molar-refractivity contribution in [2.75, 3.05) is 34.1 Å².